The number of methoxy groups -OCH3 is 1. The Morgan fingerprint density at radius 2 is 2.05 bits per heavy atom. The van der Waals surface area contributed by atoms with E-state index in [0.717, 1.165) is 30.6 Å². The van der Waals surface area contributed by atoms with Gasteiger partial charge in [-0.3, -0.25) is 0 Å². The second-order valence-corrected chi connectivity index (χ2v) is 6.46. The summed E-state index contributed by atoms with van der Waals surface area (Å²) in [5.41, 5.74) is -0.925. The molecule has 2 aliphatic rings. The number of nitriles is 1. The monoisotopic (exact) mass is 271 g/mol. The van der Waals surface area contributed by atoms with E-state index in [-0.39, 0.29) is 0 Å². The van der Waals surface area contributed by atoms with Crippen molar-refractivity contribution in [2.75, 3.05) is 7.11 Å². The highest BCUT2D eigenvalue weighted by atomic mass is 16.5. The summed E-state index contributed by atoms with van der Waals surface area (Å²) in [6, 6.07) is 9.95. The van der Waals surface area contributed by atoms with Crippen LogP contribution in [0.1, 0.15) is 38.2 Å². The average Bonchev–Trinajstić information content (AvgIpc) is 3.08. The molecule has 1 aromatic rings. The van der Waals surface area contributed by atoms with Crippen molar-refractivity contribution in [2.24, 2.45) is 17.3 Å². The summed E-state index contributed by atoms with van der Waals surface area (Å²) < 4.78 is 5.16. The van der Waals surface area contributed by atoms with Crippen LogP contribution in [0.25, 0.3) is 0 Å². The van der Waals surface area contributed by atoms with E-state index in [2.05, 4.69) is 6.07 Å². The Morgan fingerprint density at radius 1 is 1.35 bits per heavy atom. The van der Waals surface area contributed by atoms with Crippen LogP contribution in [0.2, 0.25) is 0 Å². The van der Waals surface area contributed by atoms with Crippen LogP contribution in [0.4, 0.5) is 0 Å². The first kappa shape index (κ1) is 13.5. The Hall–Kier alpha value is -1.53. The van der Waals surface area contributed by atoms with Crippen molar-refractivity contribution < 1.29 is 9.84 Å². The molecule has 20 heavy (non-hydrogen) atoms. The fourth-order valence-corrected chi connectivity index (χ4v) is 4.35. The standard InChI is InChI=1S/C17H21NO2/c1-16(19,13-5-7-15(20-2)8-6-13)17(11-18)10-12-3-4-14(17)9-12/h5-8,12,14,19H,3-4,9-10H2,1-2H3. The second-order valence-electron chi connectivity index (χ2n) is 6.46. The van der Waals surface area contributed by atoms with Crippen LogP contribution in [0, 0.1) is 28.6 Å². The minimum absolute atomic E-state index is 0.328. The molecule has 2 aliphatic carbocycles. The zero-order chi connectivity index (χ0) is 14.4. The van der Waals surface area contributed by atoms with Gasteiger partial charge in [0.05, 0.1) is 18.6 Å². The van der Waals surface area contributed by atoms with E-state index in [1.165, 1.54) is 6.42 Å². The van der Waals surface area contributed by atoms with Gasteiger partial charge in [0.1, 0.15) is 11.4 Å². The Morgan fingerprint density at radius 3 is 2.50 bits per heavy atom. The third-order valence-corrected chi connectivity index (χ3v) is 5.57. The number of benzene rings is 1. The lowest BCUT2D eigenvalue weighted by Crippen LogP contribution is -2.46. The van der Waals surface area contributed by atoms with Crippen LogP contribution in [0.3, 0.4) is 0 Å². The molecule has 0 spiro atoms. The number of hydrogen-bond acceptors (Lipinski definition) is 3. The van der Waals surface area contributed by atoms with Crippen molar-refractivity contribution >= 4 is 0 Å². The number of rotatable bonds is 3. The topological polar surface area (TPSA) is 53.2 Å². The van der Waals surface area contributed by atoms with E-state index in [1.807, 2.05) is 24.3 Å². The van der Waals surface area contributed by atoms with Crippen molar-refractivity contribution in [3.8, 4) is 11.8 Å². The predicted octanol–water partition coefficient (Wildman–Crippen LogP) is 3.23. The molecule has 0 radical (unpaired) electrons. The van der Waals surface area contributed by atoms with E-state index >= 15 is 0 Å². The van der Waals surface area contributed by atoms with E-state index in [1.54, 1.807) is 14.0 Å². The van der Waals surface area contributed by atoms with Crippen LogP contribution in [-0.2, 0) is 5.60 Å². The summed E-state index contributed by atoms with van der Waals surface area (Å²) in [5.74, 6) is 1.71. The molecule has 2 saturated carbocycles. The molecule has 4 atom stereocenters. The maximum absolute atomic E-state index is 11.2. The highest BCUT2D eigenvalue weighted by Gasteiger charge is 2.60. The molecule has 2 fully saturated rings. The van der Waals surface area contributed by atoms with Gasteiger partial charge in [0, 0.05) is 0 Å². The SMILES string of the molecule is COc1ccc(C(C)(O)C2(C#N)CC3CCC2C3)cc1. The minimum Gasteiger partial charge on any atom is -0.497 e. The lowest BCUT2D eigenvalue weighted by molar-refractivity contribution is -0.0734. The first-order chi connectivity index (χ1) is 9.53. The van der Waals surface area contributed by atoms with Gasteiger partial charge in [0.15, 0.2) is 0 Å². The van der Waals surface area contributed by atoms with Crippen LogP contribution >= 0.6 is 0 Å². The minimum atomic E-state index is -1.10. The lowest BCUT2D eigenvalue weighted by Gasteiger charge is -2.43. The summed E-state index contributed by atoms with van der Waals surface area (Å²) >= 11 is 0. The van der Waals surface area contributed by atoms with Gasteiger partial charge in [0.2, 0.25) is 0 Å². The van der Waals surface area contributed by atoms with E-state index in [4.69, 9.17) is 4.74 Å². The summed E-state index contributed by atoms with van der Waals surface area (Å²) in [7, 11) is 1.62. The Bertz CT molecular complexity index is 543. The van der Waals surface area contributed by atoms with E-state index in [0.29, 0.717) is 11.8 Å². The molecule has 0 heterocycles. The molecule has 3 rings (SSSR count). The predicted molar refractivity (Wildman–Crippen MR) is 76.1 cm³/mol. The van der Waals surface area contributed by atoms with Gasteiger partial charge in [-0.05, 0) is 55.7 Å². The number of hydrogen-bond donors (Lipinski definition) is 1. The molecule has 3 nitrogen and oxygen atoms in total. The van der Waals surface area contributed by atoms with Gasteiger partial charge >= 0.3 is 0 Å². The second kappa shape index (κ2) is 4.49. The first-order valence-corrected chi connectivity index (χ1v) is 7.31. The summed E-state index contributed by atoms with van der Waals surface area (Å²) in [5, 5.41) is 21.0. The van der Waals surface area contributed by atoms with Crippen molar-refractivity contribution in [3.05, 3.63) is 29.8 Å². The molecular formula is C17H21NO2. The van der Waals surface area contributed by atoms with Gasteiger partial charge in [-0.25, -0.2) is 0 Å². The van der Waals surface area contributed by atoms with Gasteiger partial charge in [-0.2, -0.15) is 5.26 Å². The molecule has 0 amide bonds. The number of ether oxygens (including phenoxy) is 1. The molecule has 1 N–H and O–H groups in total. The highest BCUT2D eigenvalue weighted by molar-refractivity contribution is 5.35. The van der Waals surface area contributed by atoms with Crippen molar-refractivity contribution in [3.63, 3.8) is 0 Å². The smallest absolute Gasteiger partial charge is 0.118 e. The van der Waals surface area contributed by atoms with Gasteiger partial charge in [-0.1, -0.05) is 18.6 Å². The molecule has 4 unspecified atom stereocenters. The van der Waals surface area contributed by atoms with Crippen LogP contribution in [0.5, 0.6) is 5.75 Å². The normalized spacial score (nSPS) is 34.5. The summed E-state index contributed by atoms with van der Waals surface area (Å²) in [6.07, 6.45) is 4.21. The average molecular weight is 271 g/mol. The molecule has 1 aromatic carbocycles. The van der Waals surface area contributed by atoms with Crippen LogP contribution in [-0.4, -0.2) is 12.2 Å². The zero-order valence-electron chi connectivity index (χ0n) is 12.1. The first-order valence-electron chi connectivity index (χ1n) is 7.31. The maximum Gasteiger partial charge on any atom is 0.118 e. The third kappa shape index (κ3) is 1.68. The molecule has 0 aromatic heterocycles. The third-order valence-electron chi connectivity index (χ3n) is 5.57. The van der Waals surface area contributed by atoms with Gasteiger partial charge in [0.25, 0.3) is 0 Å². The van der Waals surface area contributed by atoms with Gasteiger partial charge in [-0.15, -0.1) is 0 Å². The van der Waals surface area contributed by atoms with Gasteiger partial charge < -0.3 is 9.84 Å². The largest absolute Gasteiger partial charge is 0.497 e. The fraction of sp³-hybridized carbons (Fsp3) is 0.588. The number of fused-ring (bicyclic) bond motifs is 2. The summed E-state index contributed by atoms with van der Waals surface area (Å²) in [4.78, 5) is 0. The van der Waals surface area contributed by atoms with Crippen LogP contribution < -0.4 is 4.74 Å². The van der Waals surface area contributed by atoms with Crippen LogP contribution in [0.15, 0.2) is 24.3 Å². The Labute approximate surface area is 120 Å². The molecular weight excluding hydrogens is 250 g/mol. The number of nitrogens with zero attached hydrogens (tertiary/aromatic N) is 1. The number of aliphatic hydroxyl groups is 1. The molecule has 0 aliphatic heterocycles. The van der Waals surface area contributed by atoms with E-state index in [9.17, 15) is 10.4 Å². The molecule has 3 heteroatoms. The quantitative estimate of drug-likeness (QED) is 0.918. The Kier molecular flexibility index (Phi) is 3.02. The van der Waals surface area contributed by atoms with Crippen molar-refractivity contribution in [2.45, 2.75) is 38.2 Å². The molecule has 106 valence electrons. The van der Waals surface area contributed by atoms with Crippen molar-refractivity contribution in [1.29, 1.82) is 5.26 Å². The van der Waals surface area contributed by atoms with E-state index < -0.39 is 11.0 Å². The van der Waals surface area contributed by atoms with Crippen molar-refractivity contribution in [1.82, 2.24) is 0 Å². The fourth-order valence-electron chi connectivity index (χ4n) is 4.35. The lowest BCUT2D eigenvalue weighted by atomic mass is 9.61. The molecule has 2 bridgehead atoms. The molecule has 0 saturated heterocycles. The highest BCUT2D eigenvalue weighted by Crippen LogP contribution is 2.62. The zero-order valence-corrected chi connectivity index (χ0v) is 12.1. The Balaban J connectivity index is 1.99. The summed E-state index contributed by atoms with van der Waals surface area (Å²) in [6.45, 7) is 1.80. The maximum atomic E-state index is 11.2.